The molecule has 1 N–H and O–H groups in total. The van der Waals surface area contributed by atoms with Crippen LogP contribution < -0.4 is 5.32 Å². The number of imide groups is 1. The molecule has 3 amide bonds. The first-order valence-corrected chi connectivity index (χ1v) is 9.14. The van der Waals surface area contributed by atoms with Crippen molar-refractivity contribution in [2.24, 2.45) is 0 Å². The average Bonchev–Trinajstić information content (AvgIpc) is 2.89. The second-order valence-corrected chi connectivity index (χ2v) is 7.13. The number of amides is 3. The maximum atomic E-state index is 12.4. The number of thioether (sulfide) groups is 1. The molecule has 134 valence electrons. The van der Waals surface area contributed by atoms with Gasteiger partial charge in [-0.05, 0) is 5.56 Å². The second-order valence-electron chi connectivity index (χ2n) is 5.98. The highest BCUT2D eigenvalue weighted by atomic mass is 32.2. The highest BCUT2D eigenvalue weighted by molar-refractivity contribution is 8.15. The molecule has 1 atom stereocenters. The topological polar surface area (TPSA) is 79.0 Å². The molecule has 8 heteroatoms. The fourth-order valence-electron chi connectivity index (χ4n) is 2.74. The first-order chi connectivity index (χ1) is 12.1. The van der Waals surface area contributed by atoms with Gasteiger partial charge in [-0.25, -0.2) is 0 Å². The van der Waals surface area contributed by atoms with Gasteiger partial charge < -0.3 is 10.1 Å². The predicted octanol–water partition coefficient (Wildman–Crippen LogP) is 1.05. The van der Waals surface area contributed by atoms with Gasteiger partial charge in [0.25, 0.3) is 5.24 Å². The lowest BCUT2D eigenvalue weighted by Gasteiger charge is -2.29. The average molecular weight is 363 g/mol. The van der Waals surface area contributed by atoms with Crippen molar-refractivity contribution in [2.75, 3.05) is 33.0 Å². The van der Waals surface area contributed by atoms with Crippen LogP contribution in [0.3, 0.4) is 0 Å². The van der Waals surface area contributed by atoms with Crippen molar-refractivity contribution in [2.45, 2.75) is 18.2 Å². The van der Waals surface area contributed by atoms with Gasteiger partial charge in [0.05, 0.1) is 19.9 Å². The van der Waals surface area contributed by atoms with Gasteiger partial charge >= 0.3 is 0 Å². The molecule has 2 aliphatic heterocycles. The van der Waals surface area contributed by atoms with Gasteiger partial charge in [0.2, 0.25) is 11.8 Å². The van der Waals surface area contributed by atoms with Gasteiger partial charge in [-0.1, -0.05) is 42.1 Å². The summed E-state index contributed by atoms with van der Waals surface area (Å²) < 4.78 is 5.27. The molecule has 2 fully saturated rings. The van der Waals surface area contributed by atoms with Crippen LogP contribution in [0, 0.1) is 0 Å². The summed E-state index contributed by atoms with van der Waals surface area (Å²) in [4.78, 5) is 39.9. The standard InChI is InChI=1S/C17H21N3O4S/c21-15(18-11-13-4-2-1-3-5-13)10-14-16(22)20(17(23)25-14)12-19-6-8-24-9-7-19/h1-5,14H,6-12H2,(H,18,21)/t14-/m0/s1. The Morgan fingerprint density at radius 1 is 1.20 bits per heavy atom. The SMILES string of the molecule is O=C(C[C@@H]1SC(=O)N(CN2CCOCC2)C1=O)NCc1ccccc1. The first kappa shape index (κ1) is 17.9. The number of hydrogen-bond donors (Lipinski definition) is 1. The molecule has 0 unspecified atom stereocenters. The molecule has 0 saturated carbocycles. The van der Waals surface area contributed by atoms with Crippen molar-refractivity contribution < 1.29 is 19.1 Å². The molecule has 2 heterocycles. The Morgan fingerprint density at radius 2 is 1.92 bits per heavy atom. The van der Waals surface area contributed by atoms with E-state index in [1.54, 1.807) is 0 Å². The molecule has 1 aromatic carbocycles. The van der Waals surface area contributed by atoms with E-state index in [-0.39, 0.29) is 30.1 Å². The van der Waals surface area contributed by atoms with Crippen molar-refractivity contribution in [1.29, 1.82) is 0 Å². The number of morpholine rings is 1. The third-order valence-corrected chi connectivity index (χ3v) is 5.23. The van der Waals surface area contributed by atoms with Crippen LogP contribution >= 0.6 is 11.8 Å². The number of carbonyl (C=O) groups excluding carboxylic acids is 3. The van der Waals surface area contributed by atoms with Crippen molar-refractivity contribution in [3.63, 3.8) is 0 Å². The minimum Gasteiger partial charge on any atom is -0.379 e. The molecular weight excluding hydrogens is 342 g/mol. The normalized spacial score (nSPS) is 21.6. The first-order valence-electron chi connectivity index (χ1n) is 8.26. The molecule has 2 saturated heterocycles. The molecule has 7 nitrogen and oxygen atoms in total. The largest absolute Gasteiger partial charge is 0.379 e. The Labute approximate surface area is 150 Å². The predicted molar refractivity (Wildman–Crippen MR) is 93.8 cm³/mol. The van der Waals surface area contributed by atoms with E-state index in [0.717, 1.165) is 17.3 Å². The summed E-state index contributed by atoms with van der Waals surface area (Å²) in [5.74, 6) is -0.507. The lowest BCUT2D eigenvalue weighted by molar-refractivity contribution is -0.131. The lowest BCUT2D eigenvalue weighted by Crippen LogP contribution is -2.46. The molecule has 1 aromatic rings. The molecule has 0 radical (unpaired) electrons. The highest BCUT2D eigenvalue weighted by Gasteiger charge is 2.41. The summed E-state index contributed by atoms with van der Waals surface area (Å²) in [5.41, 5.74) is 0.992. The van der Waals surface area contributed by atoms with E-state index in [1.807, 2.05) is 35.2 Å². The monoisotopic (exact) mass is 363 g/mol. The van der Waals surface area contributed by atoms with Gasteiger partial charge in [0.15, 0.2) is 0 Å². The van der Waals surface area contributed by atoms with Crippen LogP contribution in [0.4, 0.5) is 4.79 Å². The van der Waals surface area contributed by atoms with Crippen molar-refractivity contribution in [3.8, 4) is 0 Å². The Kier molecular flexibility index (Phi) is 6.06. The van der Waals surface area contributed by atoms with Crippen molar-refractivity contribution >= 4 is 28.8 Å². The van der Waals surface area contributed by atoms with E-state index >= 15 is 0 Å². The number of ether oxygens (including phenoxy) is 1. The summed E-state index contributed by atoms with van der Waals surface area (Å²) in [6.45, 7) is 3.30. The third kappa shape index (κ3) is 4.81. The summed E-state index contributed by atoms with van der Waals surface area (Å²) in [7, 11) is 0. The Hall–Kier alpha value is -1.90. The van der Waals surface area contributed by atoms with Gasteiger partial charge in [-0.2, -0.15) is 0 Å². The van der Waals surface area contributed by atoms with Crippen LogP contribution in [-0.4, -0.2) is 65.1 Å². The van der Waals surface area contributed by atoms with Crippen LogP contribution in [0.2, 0.25) is 0 Å². The minimum atomic E-state index is -0.635. The quantitative estimate of drug-likeness (QED) is 0.814. The molecule has 0 aliphatic carbocycles. The lowest BCUT2D eigenvalue weighted by atomic mass is 10.2. The fraction of sp³-hybridized carbons (Fsp3) is 0.471. The van der Waals surface area contributed by atoms with Crippen LogP contribution in [0.25, 0.3) is 0 Å². The summed E-state index contributed by atoms with van der Waals surface area (Å²) in [6, 6.07) is 9.56. The number of benzene rings is 1. The van der Waals surface area contributed by atoms with Crippen molar-refractivity contribution in [1.82, 2.24) is 15.1 Å². The third-order valence-electron chi connectivity index (χ3n) is 4.15. The van der Waals surface area contributed by atoms with E-state index in [4.69, 9.17) is 4.74 Å². The maximum absolute atomic E-state index is 12.4. The molecule has 0 spiro atoms. The smallest absolute Gasteiger partial charge is 0.290 e. The van der Waals surface area contributed by atoms with Crippen LogP contribution in [0.5, 0.6) is 0 Å². The number of nitrogens with zero attached hydrogens (tertiary/aromatic N) is 2. The second kappa shape index (κ2) is 8.46. The van der Waals surface area contributed by atoms with Crippen LogP contribution in [-0.2, 0) is 20.9 Å². The molecule has 2 aliphatic rings. The fourth-order valence-corrected chi connectivity index (χ4v) is 3.72. The maximum Gasteiger partial charge on any atom is 0.290 e. The summed E-state index contributed by atoms with van der Waals surface area (Å²) in [6.07, 6.45) is 0.0156. The summed E-state index contributed by atoms with van der Waals surface area (Å²) in [5, 5.41) is 1.88. The zero-order valence-electron chi connectivity index (χ0n) is 13.8. The van der Waals surface area contributed by atoms with Crippen molar-refractivity contribution in [3.05, 3.63) is 35.9 Å². The number of rotatable bonds is 6. The van der Waals surface area contributed by atoms with Gasteiger partial charge in [0, 0.05) is 26.1 Å². The molecule has 0 aromatic heterocycles. The van der Waals surface area contributed by atoms with Gasteiger partial charge in [-0.15, -0.1) is 0 Å². The van der Waals surface area contributed by atoms with Crippen LogP contribution in [0.15, 0.2) is 30.3 Å². The molecule has 3 rings (SSSR count). The zero-order valence-corrected chi connectivity index (χ0v) is 14.7. The van der Waals surface area contributed by atoms with Gasteiger partial charge in [-0.3, -0.25) is 24.2 Å². The molecule has 25 heavy (non-hydrogen) atoms. The van der Waals surface area contributed by atoms with E-state index < -0.39 is 5.25 Å². The number of carbonyl (C=O) groups is 3. The Bertz CT molecular complexity index is 634. The van der Waals surface area contributed by atoms with Gasteiger partial charge in [0.1, 0.15) is 5.25 Å². The highest BCUT2D eigenvalue weighted by Crippen LogP contribution is 2.29. The number of hydrogen-bond acceptors (Lipinski definition) is 6. The summed E-state index contributed by atoms with van der Waals surface area (Å²) >= 11 is 0.939. The molecule has 0 bridgehead atoms. The van der Waals surface area contributed by atoms with E-state index in [1.165, 1.54) is 4.90 Å². The van der Waals surface area contributed by atoms with E-state index in [9.17, 15) is 14.4 Å². The molecular formula is C17H21N3O4S. The van der Waals surface area contributed by atoms with Crippen LogP contribution in [0.1, 0.15) is 12.0 Å². The van der Waals surface area contributed by atoms with E-state index in [0.29, 0.717) is 32.8 Å². The Balaban J connectivity index is 1.48. The number of nitrogens with one attached hydrogen (secondary N) is 1. The van der Waals surface area contributed by atoms with E-state index in [2.05, 4.69) is 5.32 Å². The Morgan fingerprint density at radius 3 is 2.64 bits per heavy atom. The minimum absolute atomic E-state index is 0.0156. The zero-order chi connectivity index (χ0) is 17.6.